The van der Waals surface area contributed by atoms with Gasteiger partial charge in [0.2, 0.25) is 0 Å². The monoisotopic (exact) mass is 492 g/mol. The Balaban J connectivity index is 1.47. The molecule has 182 valence electrons. The molecule has 1 heterocycles. The maximum Gasteiger partial charge on any atom is 0.261 e. The van der Waals surface area contributed by atoms with Gasteiger partial charge in [-0.25, -0.2) is 8.42 Å². The molecule has 1 aliphatic carbocycles. The van der Waals surface area contributed by atoms with E-state index in [2.05, 4.69) is 22.2 Å². The highest BCUT2D eigenvalue weighted by atomic mass is 32.2. The van der Waals surface area contributed by atoms with Crippen LogP contribution >= 0.6 is 0 Å². The molecule has 2 aliphatic rings. The molecule has 0 radical (unpaired) electrons. The quantitative estimate of drug-likeness (QED) is 0.433. The molecule has 0 fully saturated rings. The lowest BCUT2D eigenvalue weighted by molar-refractivity contribution is 0.372. The third kappa shape index (κ3) is 4.30. The van der Waals surface area contributed by atoms with Crippen molar-refractivity contribution in [2.45, 2.75) is 23.3 Å². The molecule has 8 heteroatoms. The van der Waals surface area contributed by atoms with Crippen molar-refractivity contribution in [3.05, 3.63) is 83.9 Å². The molecule has 0 saturated carbocycles. The summed E-state index contributed by atoms with van der Waals surface area (Å²) in [5.74, 6) is 2.49. The second kappa shape index (κ2) is 9.19. The molecule has 0 saturated heterocycles. The van der Waals surface area contributed by atoms with Crippen LogP contribution in [-0.2, 0) is 10.0 Å². The fraction of sp³-hybridized carbons (Fsp3) is 0.259. The molecular weight excluding hydrogens is 464 g/mol. The predicted octanol–water partition coefficient (Wildman–Crippen LogP) is 5.34. The van der Waals surface area contributed by atoms with E-state index in [1.165, 1.54) is 0 Å². The van der Waals surface area contributed by atoms with Gasteiger partial charge in [-0.15, -0.1) is 0 Å². The van der Waals surface area contributed by atoms with Crippen molar-refractivity contribution in [1.29, 1.82) is 0 Å². The topological polar surface area (TPSA) is 85.9 Å². The second-order valence-electron chi connectivity index (χ2n) is 8.67. The van der Waals surface area contributed by atoms with Gasteiger partial charge >= 0.3 is 0 Å². The molecular formula is C27H28N2O5S. The van der Waals surface area contributed by atoms with E-state index in [1.807, 2.05) is 24.3 Å². The minimum Gasteiger partial charge on any atom is -0.497 e. The molecule has 3 aromatic carbocycles. The molecule has 0 bridgehead atoms. The van der Waals surface area contributed by atoms with Crippen molar-refractivity contribution in [3.63, 3.8) is 0 Å². The number of anilines is 2. The molecule has 3 aromatic rings. The summed E-state index contributed by atoms with van der Waals surface area (Å²) in [5.41, 5.74) is 3.43. The van der Waals surface area contributed by atoms with Gasteiger partial charge in [-0.2, -0.15) is 0 Å². The molecule has 2 N–H and O–H groups in total. The van der Waals surface area contributed by atoms with Crippen molar-refractivity contribution in [2.24, 2.45) is 5.92 Å². The summed E-state index contributed by atoms with van der Waals surface area (Å²) in [7, 11) is 1.11. The second-order valence-corrected chi connectivity index (χ2v) is 10.3. The van der Waals surface area contributed by atoms with Crippen LogP contribution in [0.5, 0.6) is 17.2 Å². The number of hydrogen-bond donors (Lipinski definition) is 2. The zero-order chi connectivity index (χ0) is 24.6. The predicted molar refractivity (Wildman–Crippen MR) is 136 cm³/mol. The summed E-state index contributed by atoms with van der Waals surface area (Å²) in [6.45, 7) is 0. The number of nitrogens with one attached hydrogen (secondary N) is 2. The number of methoxy groups -OCH3 is 3. The van der Waals surface area contributed by atoms with Crippen LogP contribution in [0.1, 0.15) is 29.5 Å². The average Bonchev–Trinajstić information content (AvgIpc) is 3.38. The normalized spacial score (nSPS) is 20.4. The first-order valence-electron chi connectivity index (χ1n) is 11.4. The third-order valence-corrected chi connectivity index (χ3v) is 8.14. The zero-order valence-corrected chi connectivity index (χ0v) is 20.6. The first kappa shape index (κ1) is 23.1. The summed E-state index contributed by atoms with van der Waals surface area (Å²) in [6, 6.07) is 17.9. The standard InChI is InChI=1S/C27H28N2O5S/c1-32-18-9-7-17(8-10-18)29-35(30,31)20-12-14-25-24(16-20)21-5-4-6-22(21)27(28-25)23-13-11-19(33-2)15-26(23)34-3/h4-5,7-16,21-22,27-29H,6H2,1-3H3/t21-,22+,27-/m0/s1. The number of hydrogen-bond acceptors (Lipinski definition) is 6. The van der Waals surface area contributed by atoms with Crippen molar-refractivity contribution in [2.75, 3.05) is 31.4 Å². The lowest BCUT2D eigenvalue weighted by atomic mass is 9.77. The molecule has 0 unspecified atom stereocenters. The lowest BCUT2D eigenvalue weighted by Gasteiger charge is -2.38. The third-order valence-electron chi connectivity index (χ3n) is 6.76. The van der Waals surface area contributed by atoms with E-state index in [0.29, 0.717) is 11.4 Å². The molecule has 35 heavy (non-hydrogen) atoms. The molecule has 0 spiro atoms. The lowest BCUT2D eigenvalue weighted by Crippen LogP contribution is -2.29. The number of sulfonamides is 1. The van der Waals surface area contributed by atoms with Crippen molar-refractivity contribution >= 4 is 21.4 Å². The Bertz CT molecular complexity index is 1370. The minimum absolute atomic E-state index is 0.0169. The first-order chi connectivity index (χ1) is 16.9. The first-order valence-corrected chi connectivity index (χ1v) is 12.9. The summed E-state index contributed by atoms with van der Waals surface area (Å²) in [6.07, 6.45) is 5.24. The summed E-state index contributed by atoms with van der Waals surface area (Å²) >= 11 is 0. The number of ether oxygens (including phenoxy) is 3. The molecule has 5 rings (SSSR count). The van der Waals surface area contributed by atoms with Crippen LogP contribution in [-0.4, -0.2) is 29.7 Å². The Labute approximate surface area is 205 Å². The van der Waals surface area contributed by atoms with Crippen LogP contribution in [0.3, 0.4) is 0 Å². The fourth-order valence-corrected chi connectivity index (χ4v) is 6.09. The van der Waals surface area contributed by atoms with Crippen LogP contribution in [0.25, 0.3) is 0 Å². The van der Waals surface area contributed by atoms with Crippen LogP contribution < -0.4 is 24.2 Å². The van der Waals surface area contributed by atoms with Gasteiger partial charge in [-0.3, -0.25) is 4.72 Å². The highest BCUT2D eigenvalue weighted by Gasteiger charge is 2.39. The van der Waals surface area contributed by atoms with Crippen LogP contribution in [0.4, 0.5) is 11.4 Å². The van der Waals surface area contributed by atoms with Crippen molar-refractivity contribution in [1.82, 2.24) is 0 Å². The van der Waals surface area contributed by atoms with Gasteiger partial charge in [0.05, 0.1) is 32.3 Å². The van der Waals surface area contributed by atoms with Crippen LogP contribution in [0, 0.1) is 5.92 Å². The van der Waals surface area contributed by atoms with E-state index < -0.39 is 10.0 Å². The van der Waals surface area contributed by atoms with Crippen molar-refractivity contribution < 1.29 is 22.6 Å². The van der Waals surface area contributed by atoms with Gasteiger partial charge in [0.1, 0.15) is 17.2 Å². The zero-order valence-electron chi connectivity index (χ0n) is 19.8. The highest BCUT2D eigenvalue weighted by Crippen LogP contribution is 2.51. The largest absolute Gasteiger partial charge is 0.497 e. The van der Waals surface area contributed by atoms with E-state index in [9.17, 15) is 8.42 Å². The molecule has 1 aliphatic heterocycles. The average molecular weight is 493 g/mol. The van der Waals surface area contributed by atoms with Gasteiger partial charge in [0.25, 0.3) is 10.0 Å². The van der Waals surface area contributed by atoms with E-state index in [0.717, 1.165) is 34.7 Å². The molecule has 7 nitrogen and oxygen atoms in total. The molecule has 0 amide bonds. The van der Waals surface area contributed by atoms with E-state index >= 15 is 0 Å². The summed E-state index contributed by atoms with van der Waals surface area (Å²) < 4.78 is 45.2. The molecule has 3 atom stereocenters. The van der Waals surface area contributed by atoms with Gasteiger partial charge in [-0.1, -0.05) is 12.2 Å². The Hall–Kier alpha value is -3.65. The van der Waals surface area contributed by atoms with Gasteiger partial charge in [0, 0.05) is 28.9 Å². The number of rotatable bonds is 7. The smallest absolute Gasteiger partial charge is 0.261 e. The minimum atomic E-state index is -3.76. The maximum atomic E-state index is 13.2. The van der Waals surface area contributed by atoms with Gasteiger partial charge in [-0.05, 0) is 72.5 Å². The summed E-state index contributed by atoms with van der Waals surface area (Å²) in [4.78, 5) is 0.230. The Morgan fingerprint density at radius 1 is 0.857 bits per heavy atom. The molecule has 0 aromatic heterocycles. The van der Waals surface area contributed by atoms with E-state index in [4.69, 9.17) is 14.2 Å². The number of benzene rings is 3. The van der Waals surface area contributed by atoms with E-state index in [-0.39, 0.29) is 22.8 Å². The van der Waals surface area contributed by atoms with Gasteiger partial charge < -0.3 is 19.5 Å². The van der Waals surface area contributed by atoms with Crippen LogP contribution in [0.15, 0.2) is 77.7 Å². The maximum absolute atomic E-state index is 13.2. The van der Waals surface area contributed by atoms with E-state index in [1.54, 1.807) is 57.7 Å². The number of allylic oxidation sites excluding steroid dienone is 2. The Morgan fingerprint density at radius 2 is 1.60 bits per heavy atom. The summed E-state index contributed by atoms with van der Waals surface area (Å²) in [5, 5.41) is 3.65. The Kier molecular flexibility index (Phi) is 6.06. The van der Waals surface area contributed by atoms with Gasteiger partial charge in [0.15, 0.2) is 0 Å². The highest BCUT2D eigenvalue weighted by molar-refractivity contribution is 7.92. The SMILES string of the molecule is COc1ccc(NS(=O)(=O)c2ccc3c(c2)[C@H]2C=CC[C@H]2[C@@H](c2ccc(OC)cc2OC)N3)cc1. The van der Waals surface area contributed by atoms with Crippen molar-refractivity contribution in [3.8, 4) is 17.2 Å². The fourth-order valence-electron chi connectivity index (χ4n) is 5.00. The van der Waals surface area contributed by atoms with Crippen LogP contribution in [0.2, 0.25) is 0 Å². The number of fused-ring (bicyclic) bond motifs is 3. The Morgan fingerprint density at radius 3 is 2.31 bits per heavy atom.